The van der Waals surface area contributed by atoms with Crippen LogP contribution in [0.2, 0.25) is 10.0 Å². The van der Waals surface area contributed by atoms with Gasteiger partial charge in [0.15, 0.2) is 11.6 Å². The molecule has 0 saturated carbocycles. The summed E-state index contributed by atoms with van der Waals surface area (Å²) < 4.78 is 0. The maximum atomic E-state index is 12.9. The SMILES string of the molecule is Cc1cc(O)c(C(=O)c2ccccc2Cl)cc1C(=O)c1ccccc1Cl. The number of carbonyl (C=O) groups excluding carboxylic acids is 2. The van der Waals surface area contributed by atoms with Crippen LogP contribution in [-0.2, 0) is 0 Å². The summed E-state index contributed by atoms with van der Waals surface area (Å²) in [5.74, 6) is -0.981. The van der Waals surface area contributed by atoms with Crippen LogP contribution in [0.3, 0.4) is 0 Å². The zero-order valence-corrected chi connectivity index (χ0v) is 15.3. The summed E-state index contributed by atoms with van der Waals surface area (Å²) in [6, 6.07) is 16.0. The summed E-state index contributed by atoms with van der Waals surface area (Å²) >= 11 is 12.2. The third kappa shape index (κ3) is 3.36. The van der Waals surface area contributed by atoms with Crippen molar-refractivity contribution < 1.29 is 14.7 Å². The van der Waals surface area contributed by atoms with E-state index in [1.807, 2.05) is 0 Å². The first-order valence-corrected chi connectivity index (χ1v) is 8.58. The molecule has 0 atom stereocenters. The average Bonchev–Trinajstić information content (AvgIpc) is 2.61. The van der Waals surface area contributed by atoms with Crippen LogP contribution in [0.25, 0.3) is 0 Å². The van der Waals surface area contributed by atoms with E-state index in [9.17, 15) is 14.7 Å². The van der Waals surface area contributed by atoms with Gasteiger partial charge in [-0.05, 0) is 48.9 Å². The molecule has 0 heterocycles. The largest absolute Gasteiger partial charge is 0.507 e. The van der Waals surface area contributed by atoms with Crippen LogP contribution in [-0.4, -0.2) is 16.7 Å². The van der Waals surface area contributed by atoms with Crippen molar-refractivity contribution in [3.05, 3.63) is 98.5 Å². The molecule has 0 radical (unpaired) electrons. The fourth-order valence-electron chi connectivity index (χ4n) is 2.70. The maximum absolute atomic E-state index is 12.9. The van der Waals surface area contributed by atoms with Crippen molar-refractivity contribution in [2.75, 3.05) is 0 Å². The van der Waals surface area contributed by atoms with Crippen molar-refractivity contribution in [2.45, 2.75) is 6.92 Å². The molecule has 26 heavy (non-hydrogen) atoms. The number of benzene rings is 3. The van der Waals surface area contributed by atoms with E-state index in [1.165, 1.54) is 12.1 Å². The van der Waals surface area contributed by atoms with E-state index in [4.69, 9.17) is 23.2 Å². The Balaban J connectivity index is 2.11. The maximum Gasteiger partial charge on any atom is 0.198 e. The molecule has 0 aliphatic carbocycles. The Hall–Kier alpha value is -2.62. The number of aryl methyl sites for hydroxylation is 1. The molecule has 3 aromatic carbocycles. The summed E-state index contributed by atoms with van der Waals surface area (Å²) in [6.45, 7) is 1.69. The Morgan fingerprint density at radius 3 is 1.69 bits per heavy atom. The summed E-state index contributed by atoms with van der Waals surface area (Å²) in [4.78, 5) is 25.7. The summed E-state index contributed by atoms with van der Waals surface area (Å²) in [5, 5.41) is 10.8. The predicted octanol–water partition coefficient (Wildman–Crippen LogP) is 5.47. The van der Waals surface area contributed by atoms with Crippen LogP contribution in [0.1, 0.15) is 37.4 Å². The number of halogens is 2. The molecule has 0 saturated heterocycles. The Morgan fingerprint density at radius 1 is 0.731 bits per heavy atom. The molecule has 0 aromatic heterocycles. The number of hydrogen-bond donors (Lipinski definition) is 1. The lowest BCUT2D eigenvalue weighted by Crippen LogP contribution is -2.09. The molecule has 0 spiro atoms. The van der Waals surface area contributed by atoms with Gasteiger partial charge < -0.3 is 5.11 Å². The number of rotatable bonds is 4. The van der Waals surface area contributed by atoms with E-state index in [2.05, 4.69) is 0 Å². The predicted molar refractivity (Wildman–Crippen MR) is 103 cm³/mol. The summed E-state index contributed by atoms with van der Waals surface area (Å²) in [5.41, 5.74) is 1.44. The molecule has 3 rings (SSSR count). The Kier molecular flexibility index (Phi) is 5.12. The van der Waals surface area contributed by atoms with Gasteiger partial charge in [0.05, 0.1) is 15.6 Å². The van der Waals surface area contributed by atoms with Gasteiger partial charge in [0.1, 0.15) is 5.75 Å². The molecule has 0 fully saturated rings. The van der Waals surface area contributed by atoms with E-state index in [1.54, 1.807) is 55.5 Å². The van der Waals surface area contributed by atoms with E-state index in [-0.39, 0.29) is 27.7 Å². The van der Waals surface area contributed by atoms with Crippen LogP contribution >= 0.6 is 23.2 Å². The van der Waals surface area contributed by atoms with Crippen molar-refractivity contribution in [2.24, 2.45) is 0 Å². The van der Waals surface area contributed by atoms with E-state index in [0.29, 0.717) is 21.7 Å². The minimum absolute atomic E-state index is 0.0131. The summed E-state index contributed by atoms with van der Waals surface area (Å²) in [7, 11) is 0. The van der Waals surface area contributed by atoms with Crippen LogP contribution in [0.15, 0.2) is 60.7 Å². The first kappa shape index (κ1) is 18.2. The highest BCUT2D eigenvalue weighted by molar-refractivity contribution is 6.36. The van der Waals surface area contributed by atoms with Crippen LogP contribution in [0.4, 0.5) is 0 Å². The number of phenolic OH excluding ortho intramolecular Hbond substituents is 1. The molecule has 1 N–H and O–H groups in total. The quantitative estimate of drug-likeness (QED) is 0.606. The molecule has 0 amide bonds. The molecule has 130 valence electrons. The van der Waals surface area contributed by atoms with Crippen molar-refractivity contribution >= 4 is 34.8 Å². The molecule has 0 unspecified atom stereocenters. The lowest BCUT2D eigenvalue weighted by Gasteiger charge is -2.11. The van der Waals surface area contributed by atoms with Gasteiger partial charge >= 0.3 is 0 Å². The van der Waals surface area contributed by atoms with E-state index in [0.717, 1.165) is 0 Å². The highest BCUT2D eigenvalue weighted by Crippen LogP contribution is 2.29. The van der Waals surface area contributed by atoms with Gasteiger partial charge in [-0.25, -0.2) is 0 Å². The van der Waals surface area contributed by atoms with Crippen molar-refractivity contribution in [3.8, 4) is 5.75 Å². The van der Waals surface area contributed by atoms with Gasteiger partial charge in [-0.1, -0.05) is 47.5 Å². The van der Waals surface area contributed by atoms with Gasteiger partial charge in [-0.3, -0.25) is 9.59 Å². The van der Waals surface area contributed by atoms with E-state index >= 15 is 0 Å². The standard InChI is InChI=1S/C21H14Cl2O3/c1-12-10-19(24)16(21(26)14-7-3-5-9-18(14)23)11-15(12)20(25)13-6-2-4-8-17(13)22/h2-11,24H,1H3. The fourth-order valence-corrected chi connectivity index (χ4v) is 3.14. The van der Waals surface area contributed by atoms with Gasteiger partial charge in [-0.15, -0.1) is 0 Å². The molecule has 0 aliphatic rings. The van der Waals surface area contributed by atoms with Gasteiger partial charge in [0, 0.05) is 16.7 Å². The van der Waals surface area contributed by atoms with Crippen molar-refractivity contribution in [1.82, 2.24) is 0 Å². The lowest BCUT2D eigenvalue weighted by molar-refractivity contribution is 0.103. The first-order chi connectivity index (χ1) is 12.4. The van der Waals surface area contributed by atoms with Crippen molar-refractivity contribution in [1.29, 1.82) is 0 Å². The Labute approximate surface area is 160 Å². The second-order valence-electron chi connectivity index (χ2n) is 5.80. The number of hydrogen-bond acceptors (Lipinski definition) is 3. The topological polar surface area (TPSA) is 54.4 Å². The van der Waals surface area contributed by atoms with Crippen LogP contribution in [0, 0.1) is 6.92 Å². The zero-order chi connectivity index (χ0) is 18.8. The molecular formula is C21H14Cl2O3. The monoisotopic (exact) mass is 384 g/mol. The normalized spacial score (nSPS) is 10.6. The molecule has 3 nitrogen and oxygen atoms in total. The van der Waals surface area contributed by atoms with E-state index < -0.39 is 5.78 Å². The second kappa shape index (κ2) is 7.32. The third-order valence-electron chi connectivity index (χ3n) is 4.07. The number of carbonyl (C=O) groups is 2. The highest BCUT2D eigenvalue weighted by atomic mass is 35.5. The van der Waals surface area contributed by atoms with Gasteiger partial charge in [0.2, 0.25) is 0 Å². The number of ketones is 2. The second-order valence-corrected chi connectivity index (χ2v) is 6.62. The van der Waals surface area contributed by atoms with Crippen LogP contribution in [0.5, 0.6) is 5.75 Å². The lowest BCUT2D eigenvalue weighted by atomic mass is 9.93. The highest BCUT2D eigenvalue weighted by Gasteiger charge is 2.22. The summed E-state index contributed by atoms with van der Waals surface area (Å²) in [6.07, 6.45) is 0. The molecule has 5 heteroatoms. The molecule has 0 bridgehead atoms. The molecule has 0 aliphatic heterocycles. The van der Waals surface area contributed by atoms with Crippen LogP contribution < -0.4 is 0 Å². The van der Waals surface area contributed by atoms with Gasteiger partial charge in [0.25, 0.3) is 0 Å². The first-order valence-electron chi connectivity index (χ1n) is 7.82. The van der Waals surface area contributed by atoms with Crippen molar-refractivity contribution in [3.63, 3.8) is 0 Å². The van der Waals surface area contributed by atoms with Gasteiger partial charge in [-0.2, -0.15) is 0 Å². The molecular weight excluding hydrogens is 371 g/mol. The number of phenols is 1. The number of aromatic hydroxyl groups is 1. The average molecular weight is 385 g/mol. The minimum Gasteiger partial charge on any atom is -0.507 e. The Morgan fingerprint density at radius 2 is 1.19 bits per heavy atom. The fraction of sp³-hybridized carbons (Fsp3) is 0.0476. The minimum atomic E-state index is -0.457. The molecule has 3 aromatic rings. The Bertz CT molecular complexity index is 947. The smallest absolute Gasteiger partial charge is 0.198 e. The third-order valence-corrected chi connectivity index (χ3v) is 4.73. The zero-order valence-electron chi connectivity index (χ0n) is 13.8.